The third-order valence-corrected chi connectivity index (χ3v) is 4.26. The number of carbonyl (C=O) groups excluding carboxylic acids is 2. The van der Waals surface area contributed by atoms with Gasteiger partial charge in [-0.2, -0.15) is 0 Å². The molecule has 1 atom stereocenters. The number of amides is 2. The standard InChI is InChI=1S/C19H19FN2O2/c1-12-4-3-5-14(10-12)21-18(23)16-8-9-22(19(16)24)15-6-7-17(20)13(2)11-15/h3-7,10-11,16H,8-9H2,1-2H3,(H,21,23)/t16-/m1/s1. The van der Waals surface area contributed by atoms with Crippen LogP contribution in [-0.4, -0.2) is 18.4 Å². The van der Waals surface area contributed by atoms with Crippen molar-refractivity contribution in [1.82, 2.24) is 0 Å². The van der Waals surface area contributed by atoms with E-state index in [1.807, 2.05) is 25.1 Å². The zero-order valence-electron chi connectivity index (χ0n) is 13.7. The Bertz CT molecular complexity index is 804. The SMILES string of the molecule is Cc1cccc(NC(=O)[C@H]2CCN(c3ccc(F)c(C)c3)C2=O)c1. The molecule has 0 radical (unpaired) electrons. The summed E-state index contributed by atoms with van der Waals surface area (Å²) in [6.07, 6.45) is 0.451. The average molecular weight is 326 g/mol. The number of carbonyl (C=O) groups is 2. The number of rotatable bonds is 3. The van der Waals surface area contributed by atoms with Gasteiger partial charge in [0.15, 0.2) is 0 Å². The first-order chi connectivity index (χ1) is 11.5. The van der Waals surface area contributed by atoms with Gasteiger partial charge >= 0.3 is 0 Å². The van der Waals surface area contributed by atoms with Crippen molar-refractivity contribution < 1.29 is 14.0 Å². The second-order valence-corrected chi connectivity index (χ2v) is 6.12. The minimum absolute atomic E-state index is 0.244. The fourth-order valence-electron chi connectivity index (χ4n) is 2.93. The summed E-state index contributed by atoms with van der Waals surface area (Å²) in [4.78, 5) is 26.5. The van der Waals surface area contributed by atoms with Crippen LogP contribution in [0.1, 0.15) is 17.5 Å². The first-order valence-corrected chi connectivity index (χ1v) is 7.91. The Hall–Kier alpha value is -2.69. The van der Waals surface area contributed by atoms with Crippen molar-refractivity contribution >= 4 is 23.2 Å². The number of anilines is 2. The Balaban J connectivity index is 1.73. The quantitative estimate of drug-likeness (QED) is 0.879. The fraction of sp³-hybridized carbons (Fsp3) is 0.263. The van der Waals surface area contributed by atoms with E-state index in [0.717, 1.165) is 5.56 Å². The van der Waals surface area contributed by atoms with Gasteiger partial charge in [-0.1, -0.05) is 12.1 Å². The van der Waals surface area contributed by atoms with Crippen molar-refractivity contribution in [2.45, 2.75) is 20.3 Å². The van der Waals surface area contributed by atoms with Gasteiger partial charge < -0.3 is 10.2 Å². The molecule has 1 heterocycles. The smallest absolute Gasteiger partial charge is 0.239 e. The maximum absolute atomic E-state index is 13.4. The van der Waals surface area contributed by atoms with Gasteiger partial charge in [0.2, 0.25) is 11.8 Å². The molecule has 3 rings (SSSR count). The fourth-order valence-corrected chi connectivity index (χ4v) is 2.93. The van der Waals surface area contributed by atoms with Gasteiger partial charge in [-0.25, -0.2) is 4.39 Å². The molecule has 0 aromatic heterocycles. The molecule has 0 unspecified atom stereocenters. The van der Waals surface area contributed by atoms with Crippen LogP contribution in [0, 0.1) is 25.6 Å². The summed E-state index contributed by atoms with van der Waals surface area (Å²) in [6, 6.07) is 12.0. The number of benzene rings is 2. The topological polar surface area (TPSA) is 49.4 Å². The van der Waals surface area contributed by atoms with Gasteiger partial charge in [0, 0.05) is 17.9 Å². The number of nitrogens with zero attached hydrogens (tertiary/aromatic N) is 1. The van der Waals surface area contributed by atoms with Crippen molar-refractivity contribution in [3.63, 3.8) is 0 Å². The summed E-state index contributed by atoms with van der Waals surface area (Å²) in [5.41, 5.74) is 2.83. The van der Waals surface area contributed by atoms with Crippen LogP contribution in [0.25, 0.3) is 0 Å². The zero-order chi connectivity index (χ0) is 17.3. The maximum atomic E-state index is 13.4. The molecule has 0 saturated carbocycles. The second-order valence-electron chi connectivity index (χ2n) is 6.12. The van der Waals surface area contributed by atoms with Gasteiger partial charge in [-0.3, -0.25) is 9.59 Å². The summed E-state index contributed by atoms with van der Waals surface area (Å²) >= 11 is 0. The normalized spacial score (nSPS) is 17.2. The van der Waals surface area contributed by atoms with Gasteiger partial charge in [-0.15, -0.1) is 0 Å². The lowest BCUT2D eigenvalue weighted by Gasteiger charge is -2.17. The van der Waals surface area contributed by atoms with E-state index in [1.165, 1.54) is 6.07 Å². The monoisotopic (exact) mass is 326 g/mol. The van der Waals surface area contributed by atoms with E-state index in [2.05, 4.69) is 5.32 Å². The maximum Gasteiger partial charge on any atom is 0.239 e. The molecule has 5 heteroatoms. The first-order valence-electron chi connectivity index (χ1n) is 7.91. The van der Waals surface area contributed by atoms with E-state index in [0.29, 0.717) is 29.9 Å². The molecule has 1 N–H and O–H groups in total. The minimum Gasteiger partial charge on any atom is -0.325 e. The van der Waals surface area contributed by atoms with Crippen molar-refractivity contribution in [3.05, 3.63) is 59.4 Å². The first kappa shape index (κ1) is 16.2. The summed E-state index contributed by atoms with van der Waals surface area (Å²) in [7, 11) is 0. The van der Waals surface area contributed by atoms with Gasteiger partial charge in [-0.05, 0) is 61.7 Å². The zero-order valence-corrected chi connectivity index (χ0v) is 13.7. The highest BCUT2D eigenvalue weighted by atomic mass is 19.1. The largest absolute Gasteiger partial charge is 0.325 e. The van der Waals surface area contributed by atoms with Crippen LogP contribution >= 0.6 is 0 Å². The van der Waals surface area contributed by atoms with Crippen molar-refractivity contribution in [2.75, 3.05) is 16.8 Å². The Morgan fingerprint density at radius 3 is 2.71 bits per heavy atom. The van der Waals surface area contributed by atoms with Crippen molar-refractivity contribution in [1.29, 1.82) is 0 Å². The molecule has 2 aromatic carbocycles. The number of hydrogen-bond donors (Lipinski definition) is 1. The molecule has 124 valence electrons. The molecule has 0 spiro atoms. The molecule has 0 bridgehead atoms. The number of nitrogens with one attached hydrogen (secondary N) is 1. The van der Waals surface area contributed by atoms with Crippen molar-refractivity contribution in [2.24, 2.45) is 5.92 Å². The molecular formula is C19H19FN2O2. The molecule has 2 amide bonds. The van der Waals surface area contributed by atoms with Gasteiger partial charge in [0.25, 0.3) is 0 Å². The Morgan fingerprint density at radius 1 is 1.21 bits per heavy atom. The van der Waals surface area contributed by atoms with E-state index in [9.17, 15) is 14.0 Å². The summed E-state index contributed by atoms with van der Waals surface area (Å²) in [6.45, 7) is 4.05. The molecule has 2 aromatic rings. The van der Waals surface area contributed by atoms with Crippen LogP contribution in [0.15, 0.2) is 42.5 Å². The van der Waals surface area contributed by atoms with E-state index in [1.54, 1.807) is 30.0 Å². The van der Waals surface area contributed by atoms with Crippen LogP contribution in [0.2, 0.25) is 0 Å². The molecule has 0 aliphatic carbocycles. The number of halogens is 1. The predicted molar refractivity (Wildman–Crippen MR) is 91.4 cm³/mol. The molecule has 1 saturated heterocycles. The molecule has 1 aliphatic rings. The Labute approximate surface area is 140 Å². The molecule has 1 fully saturated rings. The van der Waals surface area contributed by atoms with E-state index in [-0.39, 0.29) is 17.6 Å². The highest BCUT2D eigenvalue weighted by Gasteiger charge is 2.37. The average Bonchev–Trinajstić information content (AvgIpc) is 2.92. The van der Waals surface area contributed by atoms with Gasteiger partial charge in [0.05, 0.1) is 0 Å². The summed E-state index contributed by atoms with van der Waals surface area (Å²) in [5.74, 6) is -1.56. The lowest BCUT2D eigenvalue weighted by atomic mass is 10.1. The lowest BCUT2D eigenvalue weighted by molar-refractivity contribution is -0.129. The summed E-state index contributed by atoms with van der Waals surface area (Å²) in [5, 5.41) is 2.80. The van der Waals surface area contributed by atoms with Crippen LogP contribution in [0.4, 0.5) is 15.8 Å². The van der Waals surface area contributed by atoms with Crippen molar-refractivity contribution in [3.8, 4) is 0 Å². The van der Waals surface area contributed by atoms with Crippen LogP contribution in [0.3, 0.4) is 0 Å². The van der Waals surface area contributed by atoms with Crippen LogP contribution in [0.5, 0.6) is 0 Å². The third kappa shape index (κ3) is 3.15. The van der Waals surface area contributed by atoms with E-state index < -0.39 is 5.92 Å². The highest BCUT2D eigenvalue weighted by Crippen LogP contribution is 2.27. The van der Waals surface area contributed by atoms with E-state index in [4.69, 9.17) is 0 Å². The Kier molecular flexibility index (Phi) is 4.34. The molecule has 4 nitrogen and oxygen atoms in total. The lowest BCUT2D eigenvalue weighted by Crippen LogP contribution is -2.33. The Morgan fingerprint density at radius 2 is 2.00 bits per heavy atom. The van der Waals surface area contributed by atoms with Crippen LogP contribution < -0.4 is 10.2 Å². The van der Waals surface area contributed by atoms with Crippen LogP contribution in [-0.2, 0) is 9.59 Å². The second kappa shape index (κ2) is 6.43. The minimum atomic E-state index is -0.712. The summed E-state index contributed by atoms with van der Waals surface area (Å²) < 4.78 is 13.4. The highest BCUT2D eigenvalue weighted by molar-refractivity contribution is 6.13. The molecule has 24 heavy (non-hydrogen) atoms. The number of aryl methyl sites for hydroxylation is 2. The van der Waals surface area contributed by atoms with E-state index >= 15 is 0 Å². The van der Waals surface area contributed by atoms with Gasteiger partial charge in [0.1, 0.15) is 11.7 Å². The molecule has 1 aliphatic heterocycles. The third-order valence-electron chi connectivity index (χ3n) is 4.26. The molecular weight excluding hydrogens is 307 g/mol. The number of hydrogen-bond acceptors (Lipinski definition) is 2. The predicted octanol–water partition coefficient (Wildman–Crippen LogP) is 3.43.